The average Bonchev–Trinajstić information content (AvgIpc) is 2.83. The summed E-state index contributed by atoms with van der Waals surface area (Å²) in [5.41, 5.74) is 0. The third-order valence-electron chi connectivity index (χ3n) is 2.98. The first-order chi connectivity index (χ1) is 7.95. The van der Waals surface area contributed by atoms with Gasteiger partial charge in [-0.3, -0.25) is 0 Å². The van der Waals surface area contributed by atoms with Gasteiger partial charge in [-0.1, -0.05) is 6.42 Å². The van der Waals surface area contributed by atoms with Crippen LogP contribution in [-0.2, 0) is 6.54 Å². The molecule has 1 atom stereocenters. The molecule has 16 heavy (non-hydrogen) atoms. The van der Waals surface area contributed by atoms with Crippen molar-refractivity contribution in [1.82, 2.24) is 14.9 Å². The molecule has 1 saturated heterocycles. The van der Waals surface area contributed by atoms with Gasteiger partial charge in [0.05, 0.1) is 6.33 Å². The van der Waals surface area contributed by atoms with E-state index < -0.39 is 0 Å². The van der Waals surface area contributed by atoms with Crippen molar-refractivity contribution in [2.45, 2.75) is 37.5 Å². The number of hydrogen-bond donors (Lipinski definition) is 1. The third kappa shape index (κ3) is 4.18. The highest BCUT2D eigenvalue weighted by atomic mass is 32.2. The molecule has 0 spiro atoms. The Morgan fingerprint density at radius 2 is 2.44 bits per heavy atom. The Labute approximate surface area is 102 Å². The zero-order valence-electron chi connectivity index (χ0n) is 9.77. The molecule has 3 nitrogen and oxygen atoms in total. The summed E-state index contributed by atoms with van der Waals surface area (Å²) in [6.07, 6.45) is 11.2. The highest BCUT2D eigenvalue weighted by Crippen LogP contribution is 2.24. The van der Waals surface area contributed by atoms with Crippen molar-refractivity contribution >= 4 is 11.8 Å². The van der Waals surface area contributed by atoms with Gasteiger partial charge in [0.2, 0.25) is 0 Å². The molecule has 0 aliphatic carbocycles. The van der Waals surface area contributed by atoms with E-state index in [0.717, 1.165) is 18.3 Å². The molecule has 1 N–H and O–H groups in total. The van der Waals surface area contributed by atoms with Gasteiger partial charge in [0, 0.05) is 30.7 Å². The minimum Gasteiger partial charge on any atom is -0.337 e. The smallest absolute Gasteiger partial charge is 0.0945 e. The monoisotopic (exact) mass is 239 g/mol. The maximum Gasteiger partial charge on any atom is 0.0945 e. The lowest BCUT2D eigenvalue weighted by Gasteiger charge is -2.21. The molecule has 1 fully saturated rings. The number of aromatic nitrogens is 2. The second-order valence-electron chi connectivity index (χ2n) is 4.35. The second kappa shape index (κ2) is 6.97. The molecular weight excluding hydrogens is 218 g/mol. The number of aryl methyl sites for hydroxylation is 1. The van der Waals surface area contributed by atoms with Crippen molar-refractivity contribution in [3.8, 4) is 0 Å². The molecule has 1 unspecified atom stereocenters. The maximum absolute atomic E-state index is 4.03. The quantitative estimate of drug-likeness (QED) is 0.771. The first-order valence-electron chi connectivity index (χ1n) is 6.23. The molecule has 1 aliphatic heterocycles. The van der Waals surface area contributed by atoms with Crippen LogP contribution in [0.25, 0.3) is 0 Å². The molecule has 0 radical (unpaired) electrons. The molecule has 1 aromatic rings. The standard InChI is InChI=1S/C12H21N3S/c1-2-9-16-12(4-1)10-13-5-3-7-15-8-6-14-11-15/h6,8,11-13H,1-5,7,9-10H2. The summed E-state index contributed by atoms with van der Waals surface area (Å²) in [6.45, 7) is 3.38. The van der Waals surface area contributed by atoms with Gasteiger partial charge in [0.25, 0.3) is 0 Å². The SMILES string of the molecule is c1cn(CCCNCC2CCCCS2)cn1. The Balaban J connectivity index is 1.48. The molecule has 2 rings (SSSR count). The molecule has 0 aromatic carbocycles. The first-order valence-corrected chi connectivity index (χ1v) is 7.28. The van der Waals surface area contributed by atoms with E-state index in [1.54, 1.807) is 0 Å². The topological polar surface area (TPSA) is 29.9 Å². The summed E-state index contributed by atoms with van der Waals surface area (Å²) >= 11 is 2.14. The average molecular weight is 239 g/mol. The molecule has 4 heteroatoms. The summed E-state index contributed by atoms with van der Waals surface area (Å²) in [5, 5.41) is 4.43. The van der Waals surface area contributed by atoms with Crippen molar-refractivity contribution in [2.75, 3.05) is 18.8 Å². The summed E-state index contributed by atoms with van der Waals surface area (Å²) in [4.78, 5) is 4.03. The van der Waals surface area contributed by atoms with Crippen LogP contribution in [0.2, 0.25) is 0 Å². The predicted octanol–water partition coefficient (Wildman–Crippen LogP) is 2.15. The van der Waals surface area contributed by atoms with E-state index in [9.17, 15) is 0 Å². The lowest BCUT2D eigenvalue weighted by Crippen LogP contribution is -2.27. The molecule has 2 heterocycles. The van der Waals surface area contributed by atoms with Crippen LogP contribution in [0.15, 0.2) is 18.7 Å². The van der Waals surface area contributed by atoms with Crippen LogP contribution in [0.4, 0.5) is 0 Å². The van der Waals surface area contributed by atoms with Crippen molar-refractivity contribution in [2.24, 2.45) is 0 Å². The van der Waals surface area contributed by atoms with Crippen molar-refractivity contribution in [3.05, 3.63) is 18.7 Å². The molecule has 1 aliphatic rings. The minimum absolute atomic E-state index is 0.863. The van der Waals surface area contributed by atoms with Crippen LogP contribution in [0.3, 0.4) is 0 Å². The lowest BCUT2D eigenvalue weighted by atomic mass is 10.2. The van der Waals surface area contributed by atoms with Crippen molar-refractivity contribution in [3.63, 3.8) is 0 Å². The first kappa shape index (κ1) is 12.0. The van der Waals surface area contributed by atoms with Crippen molar-refractivity contribution < 1.29 is 0 Å². The van der Waals surface area contributed by atoms with Crippen LogP contribution < -0.4 is 5.32 Å². The summed E-state index contributed by atoms with van der Waals surface area (Å²) in [6, 6.07) is 0. The number of nitrogens with zero attached hydrogens (tertiary/aromatic N) is 2. The van der Waals surface area contributed by atoms with Crippen LogP contribution >= 0.6 is 11.8 Å². The fourth-order valence-corrected chi connectivity index (χ4v) is 3.31. The molecule has 0 bridgehead atoms. The molecule has 1 aromatic heterocycles. The van der Waals surface area contributed by atoms with Crippen LogP contribution in [0.5, 0.6) is 0 Å². The molecule has 0 amide bonds. The Kier molecular flexibility index (Phi) is 5.22. The number of thioether (sulfide) groups is 1. The maximum atomic E-state index is 4.03. The lowest BCUT2D eigenvalue weighted by molar-refractivity contribution is 0.555. The third-order valence-corrected chi connectivity index (χ3v) is 4.37. The van der Waals surface area contributed by atoms with Crippen LogP contribution in [0.1, 0.15) is 25.7 Å². The molecule has 0 saturated carbocycles. The highest BCUT2D eigenvalue weighted by molar-refractivity contribution is 7.99. The van der Waals surface area contributed by atoms with Gasteiger partial charge in [-0.15, -0.1) is 0 Å². The fraction of sp³-hybridized carbons (Fsp3) is 0.750. The largest absolute Gasteiger partial charge is 0.337 e. The highest BCUT2D eigenvalue weighted by Gasteiger charge is 2.12. The molecular formula is C12H21N3S. The van der Waals surface area contributed by atoms with Crippen LogP contribution in [0, 0.1) is 0 Å². The van der Waals surface area contributed by atoms with Gasteiger partial charge in [0.1, 0.15) is 0 Å². The van der Waals surface area contributed by atoms with Crippen LogP contribution in [-0.4, -0.2) is 33.6 Å². The Hall–Kier alpha value is -0.480. The number of rotatable bonds is 6. The number of imidazole rings is 1. The minimum atomic E-state index is 0.863. The zero-order chi connectivity index (χ0) is 11.1. The summed E-state index contributed by atoms with van der Waals surface area (Å²) < 4.78 is 2.14. The normalized spacial score (nSPS) is 21.1. The van der Waals surface area contributed by atoms with E-state index in [1.807, 2.05) is 18.7 Å². The van der Waals surface area contributed by atoms with Crippen molar-refractivity contribution in [1.29, 1.82) is 0 Å². The van der Waals surface area contributed by atoms with Gasteiger partial charge in [0.15, 0.2) is 0 Å². The Bertz CT molecular complexity index is 268. The van der Waals surface area contributed by atoms with E-state index >= 15 is 0 Å². The van der Waals surface area contributed by atoms with Gasteiger partial charge < -0.3 is 9.88 Å². The van der Waals surface area contributed by atoms with E-state index in [1.165, 1.54) is 38.0 Å². The Morgan fingerprint density at radius 3 is 3.19 bits per heavy atom. The molecule has 90 valence electrons. The van der Waals surface area contributed by atoms with E-state index in [4.69, 9.17) is 0 Å². The fourth-order valence-electron chi connectivity index (χ4n) is 2.04. The van der Waals surface area contributed by atoms with E-state index in [0.29, 0.717) is 0 Å². The predicted molar refractivity (Wildman–Crippen MR) is 69.8 cm³/mol. The second-order valence-corrected chi connectivity index (χ2v) is 5.76. The summed E-state index contributed by atoms with van der Waals surface area (Å²) in [7, 11) is 0. The van der Waals surface area contributed by atoms with Gasteiger partial charge in [-0.25, -0.2) is 4.98 Å². The number of hydrogen-bond acceptors (Lipinski definition) is 3. The van der Waals surface area contributed by atoms with E-state index in [2.05, 4.69) is 26.6 Å². The van der Waals surface area contributed by atoms with E-state index in [-0.39, 0.29) is 0 Å². The number of nitrogens with one attached hydrogen (secondary N) is 1. The van der Waals surface area contributed by atoms with Gasteiger partial charge in [-0.05, 0) is 31.6 Å². The Morgan fingerprint density at radius 1 is 1.44 bits per heavy atom. The summed E-state index contributed by atoms with van der Waals surface area (Å²) in [5.74, 6) is 1.36. The zero-order valence-corrected chi connectivity index (χ0v) is 10.6. The van der Waals surface area contributed by atoms with Gasteiger partial charge >= 0.3 is 0 Å². The van der Waals surface area contributed by atoms with Gasteiger partial charge in [-0.2, -0.15) is 11.8 Å².